The number of hydrogen-bond donors (Lipinski definition) is 2. The van der Waals surface area contributed by atoms with Crippen LogP contribution in [0.25, 0.3) is 0 Å². The number of ether oxygens (including phenoxy) is 1. The molecule has 1 fully saturated rings. The normalized spacial score (nSPS) is 16.9. The van der Waals surface area contributed by atoms with E-state index >= 15 is 0 Å². The van der Waals surface area contributed by atoms with Gasteiger partial charge >= 0.3 is 0 Å². The fourth-order valence-electron chi connectivity index (χ4n) is 3.26. The summed E-state index contributed by atoms with van der Waals surface area (Å²) in [6.07, 6.45) is 0.915. The van der Waals surface area contributed by atoms with Gasteiger partial charge in [-0.15, -0.1) is 0 Å². The predicted molar refractivity (Wildman–Crippen MR) is 111 cm³/mol. The van der Waals surface area contributed by atoms with Crippen molar-refractivity contribution in [3.05, 3.63) is 70.7 Å². The number of nitrogens with one attached hydrogen (secondary N) is 1. The van der Waals surface area contributed by atoms with E-state index in [2.05, 4.69) is 33.4 Å². The second kappa shape index (κ2) is 10.3. The number of morpholine rings is 1. The third-order valence-corrected chi connectivity index (χ3v) is 4.95. The molecular formula is C21H27ClN4O. The number of guanidine groups is 1. The van der Waals surface area contributed by atoms with Crippen LogP contribution in [0.15, 0.2) is 59.6 Å². The molecule has 2 aromatic carbocycles. The van der Waals surface area contributed by atoms with Crippen molar-refractivity contribution in [3.63, 3.8) is 0 Å². The molecule has 144 valence electrons. The van der Waals surface area contributed by atoms with Gasteiger partial charge in [0.25, 0.3) is 0 Å². The highest BCUT2D eigenvalue weighted by Gasteiger charge is 2.22. The van der Waals surface area contributed by atoms with Gasteiger partial charge in [0.15, 0.2) is 5.96 Å². The summed E-state index contributed by atoms with van der Waals surface area (Å²) in [6, 6.07) is 18.5. The molecule has 3 N–H and O–H groups in total. The summed E-state index contributed by atoms with van der Waals surface area (Å²) in [5.74, 6) is 0.478. The summed E-state index contributed by atoms with van der Waals surface area (Å²) in [5.41, 5.74) is 8.53. The van der Waals surface area contributed by atoms with Gasteiger partial charge in [0.2, 0.25) is 0 Å². The summed E-state index contributed by atoms with van der Waals surface area (Å²) in [5, 5.41) is 3.95. The Bertz CT molecular complexity index is 732. The van der Waals surface area contributed by atoms with E-state index in [9.17, 15) is 0 Å². The minimum Gasteiger partial charge on any atom is -0.379 e. The average Bonchev–Trinajstić information content (AvgIpc) is 2.70. The highest BCUT2D eigenvalue weighted by molar-refractivity contribution is 6.30. The molecule has 5 nitrogen and oxygen atoms in total. The Labute approximate surface area is 166 Å². The standard InChI is InChI=1S/C21H27ClN4O/c22-19-8-4-7-18(15-19)20(26-11-13-27-14-12-26)16-25-21(23)24-10-9-17-5-2-1-3-6-17/h1-8,15,20H,9-14,16H2,(H3,23,24,25). The zero-order valence-corrected chi connectivity index (χ0v) is 16.2. The minimum atomic E-state index is 0.141. The summed E-state index contributed by atoms with van der Waals surface area (Å²) in [4.78, 5) is 6.98. The van der Waals surface area contributed by atoms with E-state index in [1.165, 1.54) is 5.56 Å². The monoisotopic (exact) mass is 386 g/mol. The smallest absolute Gasteiger partial charge is 0.188 e. The Hall–Kier alpha value is -2.08. The van der Waals surface area contributed by atoms with Crippen LogP contribution in [0, 0.1) is 0 Å². The van der Waals surface area contributed by atoms with Crippen LogP contribution in [0.2, 0.25) is 5.02 Å². The maximum atomic E-state index is 6.20. The first-order valence-corrected chi connectivity index (χ1v) is 9.75. The molecule has 27 heavy (non-hydrogen) atoms. The average molecular weight is 387 g/mol. The zero-order valence-electron chi connectivity index (χ0n) is 15.5. The molecule has 3 rings (SSSR count). The van der Waals surface area contributed by atoms with Gasteiger partial charge < -0.3 is 15.8 Å². The molecule has 0 aliphatic carbocycles. The van der Waals surface area contributed by atoms with Crippen LogP contribution >= 0.6 is 11.6 Å². The lowest BCUT2D eigenvalue weighted by atomic mass is 10.0. The van der Waals surface area contributed by atoms with Crippen molar-refractivity contribution >= 4 is 17.6 Å². The first-order valence-electron chi connectivity index (χ1n) is 9.37. The van der Waals surface area contributed by atoms with Gasteiger partial charge in [0.05, 0.1) is 25.8 Å². The lowest BCUT2D eigenvalue weighted by molar-refractivity contribution is 0.0180. The third kappa shape index (κ3) is 6.24. The van der Waals surface area contributed by atoms with Crippen molar-refractivity contribution in [2.75, 3.05) is 39.4 Å². The van der Waals surface area contributed by atoms with E-state index in [1.807, 2.05) is 36.4 Å². The summed E-state index contributed by atoms with van der Waals surface area (Å²) in [6.45, 7) is 4.60. The van der Waals surface area contributed by atoms with Gasteiger partial charge in [-0.05, 0) is 29.7 Å². The van der Waals surface area contributed by atoms with Gasteiger partial charge in [-0.3, -0.25) is 9.89 Å². The Morgan fingerprint density at radius 3 is 2.67 bits per heavy atom. The van der Waals surface area contributed by atoms with Crippen LogP contribution in [-0.4, -0.2) is 50.3 Å². The van der Waals surface area contributed by atoms with Crippen molar-refractivity contribution in [3.8, 4) is 0 Å². The van der Waals surface area contributed by atoms with Gasteiger partial charge in [0.1, 0.15) is 0 Å². The van der Waals surface area contributed by atoms with E-state index in [1.54, 1.807) is 0 Å². The largest absolute Gasteiger partial charge is 0.379 e. The molecule has 1 saturated heterocycles. The Morgan fingerprint density at radius 2 is 1.93 bits per heavy atom. The number of nitrogens with two attached hydrogens (primary N) is 1. The molecule has 1 aliphatic rings. The predicted octanol–water partition coefficient (Wildman–Crippen LogP) is 2.86. The van der Waals surface area contributed by atoms with Gasteiger partial charge in [0, 0.05) is 24.7 Å². The molecule has 1 aliphatic heterocycles. The number of hydrogen-bond acceptors (Lipinski definition) is 3. The van der Waals surface area contributed by atoms with E-state index in [4.69, 9.17) is 22.1 Å². The van der Waals surface area contributed by atoms with Crippen LogP contribution in [0.3, 0.4) is 0 Å². The van der Waals surface area contributed by atoms with E-state index < -0.39 is 0 Å². The molecule has 1 unspecified atom stereocenters. The minimum absolute atomic E-state index is 0.141. The lowest BCUT2D eigenvalue weighted by Gasteiger charge is -2.34. The summed E-state index contributed by atoms with van der Waals surface area (Å²) >= 11 is 6.20. The number of halogens is 1. The fourth-order valence-corrected chi connectivity index (χ4v) is 3.45. The molecule has 1 atom stereocenters. The van der Waals surface area contributed by atoms with E-state index in [0.717, 1.165) is 49.9 Å². The molecule has 0 amide bonds. The highest BCUT2D eigenvalue weighted by atomic mass is 35.5. The Kier molecular flexibility index (Phi) is 7.51. The van der Waals surface area contributed by atoms with Gasteiger partial charge in [-0.2, -0.15) is 0 Å². The Morgan fingerprint density at radius 1 is 1.15 bits per heavy atom. The molecule has 0 bridgehead atoms. The number of nitrogens with zero attached hydrogens (tertiary/aromatic N) is 2. The summed E-state index contributed by atoms with van der Waals surface area (Å²) in [7, 11) is 0. The molecule has 0 spiro atoms. The summed E-state index contributed by atoms with van der Waals surface area (Å²) < 4.78 is 5.49. The zero-order chi connectivity index (χ0) is 18.9. The molecule has 0 aromatic heterocycles. The van der Waals surface area contributed by atoms with Crippen molar-refractivity contribution in [2.45, 2.75) is 12.5 Å². The van der Waals surface area contributed by atoms with Crippen molar-refractivity contribution in [1.82, 2.24) is 10.2 Å². The first kappa shape index (κ1) is 19.7. The van der Waals surface area contributed by atoms with E-state index in [-0.39, 0.29) is 6.04 Å². The Balaban J connectivity index is 1.59. The number of benzene rings is 2. The van der Waals surface area contributed by atoms with Gasteiger partial charge in [-0.1, -0.05) is 54.1 Å². The fraction of sp³-hybridized carbons (Fsp3) is 0.381. The van der Waals surface area contributed by atoms with Crippen molar-refractivity contribution in [1.29, 1.82) is 0 Å². The third-order valence-electron chi connectivity index (χ3n) is 4.72. The van der Waals surface area contributed by atoms with Crippen LogP contribution in [0.1, 0.15) is 17.2 Å². The number of rotatable bonds is 7. The second-order valence-electron chi connectivity index (χ2n) is 6.61. The lowest BCUT2D eigenvalue weighted by Crippen LogP contribution is -2.41. The first-order chi connectivity index (χ1) is 13.2. The quantitative estimate of drug-likeness (QED) is 0.567. The van der Waals surface area contributed by atoms with Crippen LogP contribution in [-0.2, 0) is 11.2 Å². The molecular weight excluding hydrogens is 360 g/mol. The second-order valence-corrected chi connectivity index (χ2v) is 7.04. The molecule has 0 radical (unpaired) electrons. The maximum Gasteiger partial charge on any atom is 0.188 e. The van der Waals surface area contributed by atoms with Gasteiger partial charge in [-0.25, -0.2) is 0 Å². The maximum absolute atomic E-state index is 6.20. The van der Waals surface area contributed by atoms with Crippen molar-refractivity contribution < 1.29 is 4.74 Å². The molecule has 2 aromatic rings. The molecule has 6 heteroatoms. The molecule has 1 heterocycles. The molecule has 0 saturated carbocycles. The van der Waals surface area contributed by atoms with Crippen LogP contribution in [0.5, 0.6) is 0 Å². The van der Waals surface area contributed by atoms with Crippen LogP contribution in [0.4, 0.5) is 0 Å². The van der Waals surface area contributed by atoms with Crippen molar-refractivity contribution in [2.24, 2.45) is 10.7 Å². The topological polar surface area (TPSA) is 62.9 Å². The van der Waals surface area contributed by atoms with E-state index in [0.29, 0.717) is 12.5 Å². The SMILES string of the molecule is NC(=NCC(c1cccc(Cl)c1)N1CCOCC1)NCCc1ccccc1. The number of aliphatic imine (C=N–C) groups is 1. The van der Waals surface area contributed by atoms with Crippen LogP contribution < -0.4 is 11.1 Å². The highest BCUT2D eigenvalue weighted by Crippen LogP contribution is 2.24.